The Bertz CT molecular complexity index is 846. The van der Waals surface area contributed by atoms with Gasteiger partial charge in [0, 0.05) is 39.5 Å². The van der Waals surface area contributed by atoms with E-state index in [1.165, 1.54) is 5.56 Å². The Balaban J connectivity index is 1.71. The van der Waals surface area contributed by atoms with E-state index in [4.69, 9.17) is 4.74 Å². The molecule has 1 aromatic heterocycles. The van der Waals surface area contributed by atoms with Crippen molar-refractivity contribution >= 4 is 5.91 Å². The second kappa shape index (κ2) is 9.39. The van der Waals surface area contributed by atoms with Crippen molar-refractivity contribution in [2.75, 3.05) is 20.2 Å². The first-order valence-corrected chi connectivity index (χ1v) is 10.4. The lowest BCUT2D eigenvalue weighted by Crippen LogP contribution is -2.31. The molecule has 1 N–H and O–H groups in total. The van der Waals surface area contributed by atoms with Crippen molar-refractivity contribution in [2.24, 2.45) is 5.92 Å². The molecule has 2 aromatic rings. The van der Waals surface area contributed by atoms with Crippen LogP contribution in [-0.2, 0) is 24.3 Å². The number of methoxy groups -OCH3 is 1. The molecule has 0 unspecified atom stereocenters. The number of hydrogen-bond donors (Lipinski definition) is 1. The highest BCUT2D eigenvalue weighted by atomic mass is 16.5. The van der Waals surface area contributed by atoms with E-state index in [9.17, 15) is 4.79 Å². The van der Waals surface area contributed by atoms with Crippen molar-refractivity contribution in [3.63, 3.8) is 0 Å². The fourth-order valence-corrected chi connectivity index (χ4v) is 4.05. The highest BCUT2D eigenvalue weighted by molar-refractivity contribution is 5.73. The minimum absolute atomic E-state index is 0.0295. The number of carbonyl (C=O) groups excluding carboxylic acids is 1. The zero-order valence-corrected chi connectivity index (χ0v) is 18.2. The van der Waals surface area contributed by atoms with Crippen molar-refractivity contribution in [1.82, 2.24) is 25.0 Å². The SMILES string of the molecule is COc1ccc(CN2CCc3nnc([C@@H](CC(C)C)NC(C)=O)n3CC2)cc1C. The minimum atomic E-state index is -0.0930. The lowest BCUT2D eigenvalue weighted by molar-refractivity contribution is -0.119. The van der Waals surface area contributed by atoms with Gasteiger partial charge in [-0.1, -0.05) is 26.0 Å². The van der Waals surface area contributed by atoms with Crippen LogP contribution in [0.3, 0.4) is 0 Å². The Morgan fingerprint density at radius 1 is 1.24 bits per heavy atom. The van der Waals surface area contributed by atoms with Gasteiger partial charge >= 0.3 is 0 Å². The summed E-state index contributed by atoms with van der Waals surface area (Å²) in [7, 11) is 1.71. The second-order valence-corrected chi connectivity index (χ2v) is 8.34. The summed E-state index contributed by atoms with van der Waals surface area (Å²) < 4.78 is 7.58. The summed E-state index contributed by atoms with van der Waals surface area (Å²) in [5.74, 6) is 3.24. The molecule has 2 heterocycles. The molecule has 1 atom stereocenters. The smallest absolute Gasteiger partial charge is 0.217 e. The third-order valence-electron chi connectivity index (χ3n) is 5.41. The molecule has 7 heteroatoms. The topological polar surface area (TPSA) is 72.3 Å². The van der Waals surface area contributed by atoms with Crippen molar-refractivity contribution < 1.29 is 9.53 Å². The highest BCUT2D eigenvalue weighted by Gasteiger charge is 2.25. The summed E-state index contributed by atoms with van der Waals surface area (Å²) in [4.78, 5) is 14.2. The van der Waals surface area contributed by atoms with Crippen LogP contribution in [0.2, 0.25) is 0 Å². The van der Waals surface area contributed by atoms with E-state index in [2.05, 4.69) is 57.9 Å². The van der Waals surface area contributed by atoms with Crippen molar-refractivity contribution in [2.45, 2.75) is 59.7 Å². The van der Waals surface area contributed by atoms with Crippen LogP contribution in [0, 0.1) is 12.8 Å². The maximum atomic E-state index is 11.7. The molecule has 0 saturated heterocycles. The molecule has 0 saturated carbocycles. The second-order valence-electron chi connectivity index (χ2n) is 8.34. The van der Waals surface area contributed by atoms with E-state index in [0.29, 0.717) is 5.92 Å². The molecule has 0 bridgehead atoms. The van der Waals surface area contributed by atoms with Crippen LogP contribution in [-0.4, -0.2) is 45.8 Å². The van der Waals surface area contributed by atoms with Crippen LogP contribution in [0.4, 0.5) is 0 Å². The largest absolute Gasteiger partial charge is 0.496 e. The number of rotatable bonds is 7. The molecule has 158 valence electrons. The number of amides is 1. The predicted octanol–water partition coefficient (Wildman–Crippen LogP) is 2.88. The maximum Gasteiger partial charge on any atom is 0.217 e. The molecular formula is C22H33N5O2. The monoisotopic (exact) mass is 399 g/mol. The van der Waals surface area contributed by atoms with E-state index in [0.717, 1.165) is 62.0 Å². The Hall–Kier alpha value is -2.41. The Morgan fingerprint density at radius 3 is 2.69 bits per heavy atom. The normalized spacial score (nSPS) is 15.7. The van der Waals surface area contributed by atoms with Crippen LogP contribution < -0.4 is 10.1 Å². The molecule has 29 heavy (non-hydrogen) atoms. The van der Waals surface area contributed by atoms with Gasteiger partial charge in [-0.25, -0.2) is 0 Å². The third-order valence-corrected chi connectivity index (χ3v) is 5.41. The van der Waals surface area contributed by atoms with E-state index in [-0.39, 0.29) is 11.9 Å². The van der Waals surface area contributed by atoms with Gasteiger partial charge in [-0.15, -0.1) is 10.2 Å². The molecule has 1 aromatic carbocycles. The molecule has 0 radical (unpaired) electrons. The molecule has 0 spiro atoms. The molecular weight excluding hydrogens is 366 g/mol. The highest BCUT2D eigenvalue weighted by Crippen LogP contribution is 2.23. The lowest BCUT2D eigenvalue weighted by Gasteiger charge is -2.22. The number of fused-ring (bicyclic) bond motifs is 1. The van der Waals surface area contributed by atoms with Gasteiger partial charge < -0.3 is 14.6 Å². The number of aromatic nitrogens is 3. The molecule has 7 nitrogen and oxygen atoms in total. The van der Waals surface area contributed by atoms with Crippen LogP contribution in [0.25, 0.3) is 0 Å². The number of benzene rings is 1. The van der Waals surface area contributed by atoms with E-state index >= 15 is 0 Å². The number of ether oxygens (including phenoxy) is 1. The maximum absolute atomic E-state index is 11.7. The number of nitrogens with zero attached hydrogens (tertiary/aromatic N) is 4. The summed E-state index contributed by atoms with van der Waals surface area (Å²) in [6.45, 7) is 11.6. The van der Waals surface area contributed by atoms with Gasteiger partial charge in [0.05, 0.1) is 13.2 Å². The van der Waals surface area contributed by atoms with E-state index < -0.39 is 0 Å². The summed E-state index contributed by atoms with van der Waals surface area (Å²) in [5, 5.41) is 12.0. The van der Waals surface area contributed by atoms with Gasteiger partial charge in [0.15, 0.2) is 5.82 Å². The van der Waals surface area contributed by atoms with Crippen molar-refractivity contribution in [3.05, 3.63) is 41.0 Å². The van der Waals surface area contributed by atoms with Gasteiger partial charge in [0.1, 0.15) is 11.6 Å². The molecule has 0 fully saturated rings. The quantitative estimate of drug-likeness (QED) is 0.775. The zero-order chi connectivity index (χ0) is 21.0. The summed E-state index contributed by atoms with van der Waals surface area (Å²) in [6.07, 6.45) is 1.71. The number of hydrogen-bond acceptors (Lipinski definition) is 5. The van der Waals surface area contributed by atoms with Crippen molar-refractivity contribution in [3.8, 4) is 5.75 Å². The molecule has 1 amide bonds. The van der Waals surface area contributed by atoms with Crippen molar-refractivity contribution in [1.29, 1.82) is 0 Å². The Labute approximate surface area is 173 Å². The third kappa shape index (κ3) is 5.35. The number of carbonyl (C=O) groups is 1. The summed E-state index contributed by atoms with van der Waals surface area (Å²) >= 11 is 0. The first-order chi connectivity index (χ1) is 13.9. The average molecular weight is 400 g/mol. The fraction of sp³-hybridized carbons (Fsp3) is 0.591. The van der Waals surface area contributed by atoms with Gasteiger partial charge in [0.25, 0.3) is 0 Å². The van der Waals surface area contributed by atoms with Gasteiger partial charge in [-0.05, 0) is 36.5 Å². The van der Waals surface area contributed by atoms with Gasteiger partial charge in [0.2, 0.25) is 5.91 Å². The van der Waals surface area contributed by atoms with Crippen LogP contribution in [0.1, 0.15) is 56.0 Å². The standard InChI is InChI=1S/C22H33N5O2/c1-15(2)12-19(23-17(4)28)22-25-24-21-8-9-26(10-11-27(21)22)14-18-6-7-20(29-5)16(3)13-18/h6-7,13,15,19H,8-12,14H2,1-5H3,(H,23,28)/t19-/m1/s1. The molecule has 3 rings (SSSR count). The fourth-order valence-electron chi connectivity index (χ4n) is 4.05. The first kappa shape index (κ1) is 21.3. The first-order valence-electron chi connectivity index (χ1n) is 10.4. The minimum Gasteiger partial charge on any atom is -0.496 e. The van der Waals surface area contributed by atoms with E-state index in [1.54, 1.807) is 14.0 Å². The van der Waals surface area contributed by atoms with Gasteiger partial charge in [-0.3, -0.25) is 9.69 Å². The Kier molecular flexibility index (Phi) is 6.90. The molecule has 0 aliphatic carbocycles. The van der Waals surface area contributed by atoms with Gasteiger partial charge in [-0.2, -0.15) is 0 Å². The number of aryl methyl sites for hydroxylation is 1. The van der Waals surface area contributed by atoms with E-state index in [1.807, 2.05) is 6.07 Å². The predicted molar refractivity (Wildman–Crippen MR) is 113 cm³/mol. The Morgan fingerprint density at radius 2 is 2.03 bits per heavy atom. The molecule has 1 aliphatic heterocycles. The molecule has 1 aliphatic rings. The van der Waals surface area contributed by atoms with Crippen LogP contribution in [0.5, 0.6) is 5.75 Å². The van der Waals surface area contributed by atoms with Crippen LogP contribution >= 0.6 is 0 Å². The van der Waals surface area contributed by atoms with Crippen LogP contribution in [0.15, 0.2) is 18.2 Å². The summed E-state index contributed by atoms with van der Waals surface area (Å²) in [6, 6.07) is 6.28. The summed E-state index contributed by atoms with van der Waals surface area (Å²) in [5.41, 5.74) is 2.45. The number of nitrogens with one attached hydrogen (secondary N) is 1. The average Bonchev–Trinajstić information content (AvgIpc) is 2.95. The zero-order valence-electron chi connectivity index (χ0n) is 18.2. The lowest BCUT2D eigenvalue weighted by atomic mass is 10.0.